The number of ether oxygens (including phenoxy) is 1. The van der Waals surface area contributed by atoms with Gasteiger partial charge in [0, 0.05) is 25.9 Å². The maximum Gasteiger partial charge on any atom is 0.573 e. The zero-order chi connectivity index (χ0) is 22.5. The van der Waals surface area contributed by atoms with E-state index in [9.17, 15) is 21.6 Å². The largest absolute Gasteiger partial charge is 0.573 e. The first-order chi connectivity index (χ1) is 14.7. The molecule has 2 aromatic rings. The Kier molecular flexibility index (Phi) is 6.77. The van der Waals surface area contributed by atoms with Crippen molar-refractivity contribution < 1.29 is 31.2 Å². The molecule has 0 radical (unpaired) electrons. The van der Waals surface area contributed by atoms with Crippen LogP contribution in [0.25, 0.3) is 0 Å². The van der Waals surface area contributed by atoms with Gasteiger partial charge in [-0.1, -0.05) is 11.2 Å². The van der Waals surface area contributed by atoms with Crippen molar-refractivity contribution in [3.63, 3.8) is 0 Å². The first kappa shape index (κ1) is 22.5. The monoisotopic (exact) mass is 454 g/mol. The molecule has 0 amide bonds. The number of oxime groups is 1. The first-order valence-corrected chi connectivity index (χ1v) is 10.5. The summed E-state index contributed by atoms with van der Waals surface area (Å²) in [5.74, 6) is -0.494. The Bertz CT molecular complexity index is 1090. The number of nitriles is 1. The maximum absolute atomic E-state index is 12.7. The summed E-state index contributed by atoms with van der Waals surface area (Å²) in [6, 6.07) is 10.9. The molecule has 1 aliphatic rings. The van der Waals surface area contributed by atoms with E-state index in [0.29, 0.717) is 24.2 Å². The molecule has 0 bridgehead atoms. The Morgan fingerprint density at radius 3 is 2.42 bits per heavy atom. The summed E-state index contributed by atoms with van der Waals surface area (Å²) >= 11 is 0. The van der Waals surface area contributed by atoms with E-state index in [-0.39, 0.29) is 30.3 Å². The number of benzene rings is 1. The lowest BCUT2D eigenvalue weighted by molar-refractivity contribution is -0.274. The van der Waals surface area contributed by atoms with Gasteiger partial charge in [-0.15, -0.1) is 13.2 Å². The molecule has 12 heteroatoms. The third kappa shape index (κ3) is 6.16. The van der Waals surface area contributed by atoms with Crippen molar-refractivity contribution in [1.29, 1.82) is 5.26 Å². The van der Waals surface area contributed by atoms with Crippen LogP contribution in [0.2, 0.25) is 0 Å². The van der Waals surface area contributed by atoms with E-state index in [2.05, 4.69) is 14.9 Å². The van der Waals surface area contributed by atoms with Crippen LogP contribution in [0.4, 0.5) is 13.2 Å². The SMILES string of the molecule is N#Cc1cccc(CON=C2CCN(S(=O)(=O)c3ccc(OC(F)(F)F)cc3)CC2)n1. The molecular formula is C19H17F3N4O4S. The predicted octanol–water partition coefficient (Wildman–Crippen LogP) is 3.21. The standard InChI is InChI=1S/C19H17F3N4O4S/c20-19(21,22)30-17-4-6-18(7-5-17)31(27,28)26-10-8-14(9-11-26)25-29-13-16-3-1-2-15(12-23)24-16/h1-7H,8-11,13H2. The van der Waals surface area contributed by atoms with Gasteiger partial charge in [0.1, 0.15) is 17.5 Å². The molecule has 0 saturated carbocycles. The number of sulfonamides is 1. The number of pyridine rings is 1. The van der Waals surface area contributed by atoms with Crippen LogP contribution in [0.15, 0.2) is 52.5 Å². The second-order valence-corrected chi connectivity index (χ2v) is 8.42. The number of hydrogen-bond donors (Lipinski definition) is 0. The summed E-state index contributed by atoms with van der Waals surface area (Å²) in [6.45, 7) is 0.397. The summed E-state index contributed by atoms with van der Waals surface area (Å²) in [4.78, 5) is 9.20. The normalized spacial score (nSPS) is 15.2. The van der Waals surface area contributed by atoms with Gasteiger partial charge in [0.05, 0.1) is 16.3 Å². The lowest BCUT2D eigenvalue weighted by Crippen LogP contribution is -2.38. The van der Waals surface area contributed by atoms with Gasteiger partial charge in [0.25, 0.3) is 0 Å². The molecule has 1 fully saturated rings. The van der Waals surface area contributed by atoms with Crippen LogP contribution in [-0.4, -0.2) is 42.9 Å². The first-order valence-electron chi connectivity index (χ1n) is 9.07. The Morgan fingerprint density at radius 2 is 1.81 bits per heavy atom. The van der Waals surface area contributed by atoms with Gasteiger partial charge in [-0.2, -0.15) is 9.57 Å². The molecule has 164 valence electrons. The lowest BCUT2D eigenvalue weighted by atomic mass is 10.1. The van der Waals surface area contributed by atoms with Crippen LogP contribution in [0.3, 0.4) is 0 Å². The van der Waals surface area contributed by atoms with Crippen LogP contribution < -0.4 is 4.74 Å². The minimum atomic E-state index is -4.85. The van der Waals surface area contributed by atoms with Crippen LogP contribution in [0.1, 0.15) is 24.2 Å². The molecule has 1 aromatic heterocycles. The molecule has 0 unspecified atom stereocenters. The highest BCUT2D eigenvalue weighted by molar-refractivity contribution is 7.89. The Balaban J connectivity index is 1.55. The highest BCUT2D eigenvalue weighted by Crippen LogP contribution is 2.26. The van der Waals surface area contributed by atoms with Gasteiger partial charge < -0.3 is 9.57 Å². The van der Waals surface area contributed by atoms with Crippen molar-refractivity contribution in [2.24, 2.45) is 5.16 Å². The van der Waals surface area contributed by atoms with Crippen molar-refractivity contribution in [2.45, 2.75) is 30.7 Å². The zero-order valence-electron chi connectivity index (χ0n) is 16.0. The van der Waals surface area contributed by atoms with Crippen LogP contribution >= 0.6 is 0 Å². The molecule has 31 heavy (non-hydrogen) atoms. The maximum atomic E-state index is 12.7. The highest BCUT2D eigenvalue weighted by atomic mass is 32.2. The molecular weight excluding hydrogens is 437 g/mol. The van der Waals surface area contributed by atoms with Crippen molar-refractivity contribution >= 4 is 15.7 Å². The zero-order valence-corrected chi connectivity index (χ0v) is 16.9. The molecule has 0 spiro atoms. The number of nitrogens with zero attached hydrogens (tertiary/aromatic N) is 4. The Hall–Kier alpha value is -3.17. The summed E-state index contributed by atoms with van der Waals surface area (Å²) < 4.78 is 67.1. The predicted molar refractivity (Wildman–Crippen MR) is 102 cm³/mol. The molecule has 1 aliphatic heterocycles. The Labute approximate surface area is 176 Å². The van der Waals surface area contributed by atoms with Gasteiger partial charge in [0.2, 0.25) is 10.0 Å². The third-order valence-corrected chi connectivity index (χ3v) is 6.23. The van der Waals surface area contributed by atoms with Crippen molar-refractivity contribution in [3.8, 4) is 11.8 Å². The van der Waals surface area contributed by atoms with Gasteiger partial charge in [0.15, 0.2) is 6.61 Å². The van der Waals surface area contributed by atoms with Gasteiger partial charge in [-0.05, 0) is 36.4 Å². The van der Waals surface area contributed by atoms with E-state index in [1.54, 1.807) is 18.2 Å². The van der Waals surface area contributed by atoms with Crippen LogP contribution in [0, 0.1) is 11.3 Å². The van der Waals surface area contributed by atoms with Crippen LogP contribution in [-0.2, 0) is 21.5 Å². The number of rotatable bonds is 6. The molecule has 0 N–H and O–H groups in total. The molecule has 1 saturated heterocycles. The number of hydrogen-bond acceptors (Lipinski definition) is 7. The fourth-order valence-corrected chi connectivity index (χ4v) is 4.29. The third-order valence-electron chi connectivity index (χ3n) is 4.32. The summed E-state index contributed by atoms with van der Waals surface area (Å²) in [5.41, 5.74) is 1.49. The van der Waals surface area contributed by atoms with E-state index in [1.807, 2.05) is 6.07 Å². The lowest BCUT2D eigenvalue weighted by Gasteiger charge is -2.26. The van der Waals surface area contributed by atoms with Gasteiger partial charge in [-0.3, -0.25) is 0 Å². The second kappa shape index (κ2) is 9.32. The van der Waals surface area contributed by atoms with Gasteiger partial charge in [-0.25, -0.2) is 13.4 Å². The van der Waals surface area contributed by atoms with Gasteiger partial charge >= 0.3 is 6.36 Å². The summed E-state index contributed by atoms with van der Waals surface area (Å²) in [6.07, 6.45) is -4.15. The highest BCUT2D eigenvalue weighted by Gasteiger charge is 2.32. The minimum absolute atomic E-state index is 0.0768. The van der Waals surface area contributed by atoms with Crippen molar-refractivity contribution in [3.05, 3.63) is 53.9 Å². The van der Waals surface area contributed by atoms with Crippen LogP contribution in [0.5, 0.6) is 5.75 Å². The van der Waals surface area contributed by atoms with E-state index in [1.165, 1.54) is 4.31 Å². The van der Waals surface area contributed by atoms with Crippen molar-refractivity contribution in [1.82, 2.24) is 9.29 Å². The van der Waals surface area contributed by atoms with E-state index >= 15 is 0 Å². The topological polar surface area (TPSA) is 105 Å². The number of alkyl halides is 3. The van der Waals surface area contributed by atoms with E-state index in [0.717, 1.165) is 24.3 Å². The average Bonchev–Trinajstić information content (AvgIpc) is 2.73. The molecule has 1 aromatic carbocycles. The van der Waals surface area contributed by atoms with E-state index < -0.39 is 22.1 Å². The second-order valence-electron chi connectivity index (χ2n) is 6.48. The molecule has 3 rings (SSSR count). The molecule has 0 atom stereocenters. The fourth-order valence-electron chi connectivity index (χ4n) is 2.85. The van der Waals surface area contributed by atoms with Crippen molar-refractivity contribution in [2.75, 3.05) is 13.1 Å². The smallest absolute Gasteiger partial charge is 0.406 e. The quantitative estimate of drug-likeness (QED) is 0.621. The number of aromatic nitrogens is 1. The summed E-state index contributed by atoms with van der Waals surface area (Å²) in [5, 5.41) is 12.9. The average molecular weight is 454 g/mol. The fraction of sp³-hybridized carbons (Fsp3) is 0.316. The molecule has 8 nitrogen and oxygen atoms in total. The van der Waals surface area contributed by atoms with E-state index in [4.69, 9.17) is 10.1 Å². The number of halogens is 3. The number of piperidine rings is 1. The minimum Gasteiger partial charge on any atom is -0.406 e. The molecule has 0 aliphatic carbocycles. The Morgan fingerprint density at radius 1 is 1.13 bits per heavy atom. The molecule has 2 heterocycles. The summed E-state index contributed by atoms with van der Waals surface area (Å²) in [7, 11) is -3.86.